The molecule has 0 atom stereocenters. The fraction of sp³-hybridized carbons (Fsp3) is 0.300. The molecule has 0 heterocycles. The van der Waals surface area contributed by atoms with Crippen LogP contribution in [-0.4, -0.2) is 6.08 Å². The molecule has 7 heteroatoms. The van der Waals surface area contributed by atoms with Crippen LogP contribution in [0.3, 0.4) is 0 Å². The average molecular weight is 310 g/mol. The third-order valence-corrected chi connectivity index (χ3v) is 3.35. The van der Waals surface area contributed by atoms with Gasteiger partial charge >= 0.3 is 0 Å². The summed E-state index contributed by atoms with van der Waals surface area (Å²) in [5.41, 5.74) is -2.35. The molecule has 0 amide bonds. The van der Waals surface area contributed by atoms with Gasteiger partial charge in [0.2, 0.25) is 6.08 Å². The van der Waals surface area contributed by atoms with Crippen LogP contribution < -0.4 is 0 Å². The first-order chi connectivity index (χ1) is 7.94. The molecule has 0 unspecified atom stereocenters. The number of carbonyl (C=O) groups excluding carboxylic acids is 1. The Labute approximate surface area is 101 Å². The third kappa shape index (κ3) is 1.70. The molecule has 90 valence electrons. The number of aliphatic imine (C=N–C) groups is 1. The van der Waals surface area contributed by atoms with Crippen molar-refractivity contribution in [2.24, 2.45) is 4.99 Å². The minimum absolute atomic E-state index is 0.149. The van der Waals surface area contributed by atoms with Crippen molar-refractivity contribution in [1.82, 2.24) is 0 Å². The molecular weight excluding hydrogens is 306 g/mol. The second-order valence-corrected chi connectivity index (χ2v) is 4.47. The number of halogens is 5. The molecule has 2 rings (SSSR count). The smallest absolute Gasteiger partial charge is 0.211 e. The lowest BCUT2D eigenvalue weighted by Crippen LogP contribution is -2.13. The number of rotatable bonds is 2. The van der Waals surface area contributed by atoms with Gasteiger partial charge in [0.1, 0.15) is 5.54 Å². The van der Waals surface area contributed by atoms with E-state index in [0.29, 0.717) is 0 Å². The highest BCUT2D eigenvalue weighted by atomic mass is 79.9. The Kier molecular flexibility index (Phi) is 2.83. The van der Waals surface area contributed by atoms with Crippen molar-refractivity contribution in [3.8, 4) is 0 Å². The molecule has 1 aromatic rings. The SMILES string of the molecule is O=C=NC1(c2c(F)c(F)c(Br)c(F)c2F)CC1. The highest BCUT2D eigenvalue weighted by Crippen LogP contribution is 2.52. The Morgan fingerprint density at radius 3 is 1.88 bits per heavy atom. The van der Waals surface area contributed by atoms with Crippen LogP contribution in [0, 0.1) is 23.3 Å². The van der Waals surface area contributed by atoms with Crippen LogP contribution >= 0.6 is 15.9 Å². The lowest BCUT2D eigenvalue weighted by atomic mass is 10.0. The molecule has 0 N–H and O–H groups in total. The number of hydrogen-bond acceptors (Lipinski definition) is 2. The zero-order valence-electron chi connectivity index (χ0n) is 8.16. The Hall–Kier alpha value is -1.20. The van der Waals surface area contributed by atoms with Crippen molar-refractivity contribution in [3.63, 3.8) is 0 Å². The van der Waals surface area contributed by atoms with Gasteiger partial charge in [0, 0.05) is 0 Å². The van der Waals surface area contributed by atoms with Crippen LogP contribution in [0.4, 0.5) is 17.6 Å². The minimum atomic E-state index is -1.54. The topological polar surface area (TPSA) is 29.4 Å². The van der Waals surface area contributed by atoms with E-state index in [0.717, 1.165) is 6.08 Å². The summed E-state index contributed by atoms with van der Waals surface area (Å²) in [6.45, 7) is 0. The van der Waals surface area contributed by atoms with E-state index in [2.05, 4.69) is 20.9 Å². The average Bonchev–Trinajstić information content (AvgIpc) is 3.05. The molecule has 17 heavy (non-hydrogen) atoms. The Morgan fingerprint density at radius 2 is 1.53 bits per heavy atom. The van der Waals surface area contributed by atoms with Crippen LogP contribution in [0.2, 0.25) is 0 Å². The fourth-order valence-corrected chi connectivity index (χ4v) is 1.99. The molecule has 0 saturated heterocycles. The van der Waals surface area contributed by atoms with Gasteiger partial charge in [0.15, 0.2) is 23.3 Å². The summed E-state index contributed by atoms with van der Waals surface area (Å²) in [6, 6.07) is 0. The number of hydrogen-bond donors (Lipinski definition) is 0. The van der Waals surface area contributed by atoms with E-state index in [4.69, 9.17) is 0 Å². The van der Waals surface area contributed by atoms with Crippen molar-refractivity contribution in [2.45, 2.75) is 18.4 Å². The Morgan fingerprint density at radius 1 is 1.06 bits per heavy atom. The van der Waals surface area contributed by atoms with E-state index in [1.807, 2.05) is 0 Å². The number of nitrogens with zero attached hydrogens (tertiary/aromatic N) is 1. The van der Waals surface area contributed by atoms with Gasteiger partial charge in [0.25, 0.3) is 0 Å². The van der Waals surface area contributed by atoms with Crippen LogP contribution in [0.1, 0.15) is 18.4 Å². The van der Waals surface area contributed by atoms with Gasteiger partial charge in [0.05, 0.1) is 10.0 Å². The Balaban J connectivity index is 2.75. The summed E-state index contributed by atoms with van der Waals surface area (Å²) in [7, 11) is 0. The van der Waals surface area contributed by atoms with E-state index in [1.165, 1.54) is 0 Å². The molecule has 1 aliphatic carbocycles. The van der Waals surface area contributed by atoms with Gasteiger partial charge in [-0.2, -0.15) is 4.99 Å². The summed E-state index contributed by atoms with van der Waals surface area (Å²) >= 11 is 2.40. The van der Waals surface area contributed by atoms with Gasteiger partial charge in [-0.1, -0.05) is 0 Å². The predicted molar refractivity (Wildman–Crippen MR) is 53.0 cm³/mol. The number of isocyanates is 1. The van der Waals surface area contributed by atoms with Gasteiger partial charge in [-0.3, -0.25) is 0 Å². The molecule has 0 aromatic heterocycles. The van der Waals surface area contributed by atoms with Crippen LogP contribution in [-0.2, 0) is 10.3 Å². The summed E-state index contributed by atoms with van der Waals surface area (Å²) in [6.07, 6.45) is 1.46. The molecule has 0 aliphatic heterocycles. The predicted octanol–water partition coefficient (Wildman–Crippen LogP) is 3.33. The first-order valence-electron chi connectivity index (χ1n) is 4.55. The maximum absolute atomic E-state index is 13.6. The molecular formula is C10H4BrF4NO. The lowest BCUT2D eigenvalue weighted by molar-refractivity contribution is 0.417. The van der Waals surface area contributed by atoms with E-state index < -0.39 is 38.8 Å². The van der Waals surface area contributed by atoms with E-state index in [1.54, 1.807) is 0 Å². The van der Waals surface area contributed by atoms with Crippen molar-refractivity contribution < 1.29 is 22.4 Å². The molecule has 1 fully saturated rings. The maximum atomic E-state index is 13.6. The second kappa shape index (κ2) is 3.92. The zero-order chi connectivity index (χ0) is 12.8. The lowest BCUT2D eigenvalue weighted by Gasteiger charge is -2.13. The molecule has 0 radical (unpaired) electrons. The van der Waals surface area contributed by atoms with E-state index in [-0.39, 0.29) is 12.8 Å². The van der Waals surface area contributed by atoms with E-state index >= 15 is 0 Å². The molecule has 1 aromatic carbocycles. The molecule has 1 saturated carbocycles. The molecule has 0 bridgehead atoms. The Bertz CT molecular complexity index is 521. The molecule has 0 spiro atoms. The van der Waals surface area contributed by atoms with Crippen molar-refractivity contribution in [1.29, 1.82) is 0 Å². The van der Waals surface area contributed by atoms with Gasteiger partial charge in [-0.15, -0.1) is 0 Å². The highest BCUT2D eigenvalue weighted by Gasteiger charge is 2.50. The first-order valence-corrected chi connectivity index (χ1v) is 5.35. The third-order valence-electron chi connectivity index (χ3n) is 2.66. The zero-order valence-corrected chi connectivity index (χ0v) is 9.75. The largest absolute Gasteiger partial charge is 0.235 e. The van der Waals surface area contributed by atoms with Gasteiger partial charge < -0.3 is 0 Å². The summed E-state index contributed by atoms with van der Waals surface area (Å²) < 4.78 is 52.7. The second-order valence-electron chi connectivity index (χ2n) is 3.68. The van der Waals surface area contributed by atoms with E-state index in [9.17, 15) is 22.4 Å². The van der Waals surface area contributed by atoms with Crippen LogP contribution in [0.15, 0.2) is 9.47 Å². The number of benzene rings is 1. The first kappa shape index (κ1) is 12.3. The van der Waals surface area contributed by atoms with Crippen molar-refractivity contribution >= 4 is 22.0 Å². The van der Waals surface area contributed by atoms with Crippen LogP contribution in [0.5, 0.6) is 0 Å². The summed E-state index contributed by atoms with van der Waals surface area (Å²) in [5, 5.41) is 0. The summed E-state index contributed by atoms with van der Waals surface area (Å²) in [5.74, 6) is -6.14. The normalized spacial score (nSPS) is 16.5. The highest BCUT2D eigenvalue weighted by molar-refractivity contribution is 9.10. The minimum Gasteiger partial charge on any atom is -0.211 e. The molecule has 1 aliphatic rings. The van der Waals surface area contributed by atoms with Gasteiger partial charge in [-0.05, 0) is 28.8 Å². The van der Waals surface area contributed by atoms with Gasteiger partial charge in [-0.25, -0.2) is 22.4 Å². The quantitative estimate of drug-likeness (QED) is 0.271. The van der Waals surface area contributed by atoms with Crippen LogP contribution in [0.25, 0.3) is 0 Å². The summed E-state index contributed by atoms with van der Waals surface area (Å²) in [4.78, 5) is 13.4. The standard InChI is InChI=1S/C10H4BrF4NO/c11-5-8(14)6(12)4(7(13)9(5)15)10(1-2-10)16-3-17/h1-2H2. The van der Waals surface area contributed by atoms with Crippen molar-refractivity contribution in [2.75, 3.05) is 0 Å². The molecule has 2 nitrogen and oxygen atoms in total. The van der Waals surface area contributed by atoms with Crippen molar-refractivity contribution in [3.05, 3.63) is 33.3 Å². The fourth-order valence-electron chi connectivity index (χ4n) is 1.64. The maximum Gasteiger partial charge on any atom is 0.235 e. The monoisotopic (exact) mass is 309 g/mol.